The molecule has 2 bridgehead atoms. The third-order valence-corrected chi connectivity index (χ3v) is 6.28. The van der Waals surface area contributed by atoms with Gasteiger partial charge in [-0.3, -0.25) is 4.79 Å². The second-order valence-electron chi connectivity index (χ2n) is 7.92. The summed E-state index contributed by atoms with van der Waals surface area (Å²) in [7, 11) is 3.18. The third-order valence-electron chi connectivity index (χ3n) is 6.28. The van der Waals surface area contributed by atoms with E-state index in [0.717, 1.165) is 19.4 Å². The normalized spacial score (nSPS) is 25.9. The van der Waals surface area contributed by atoms with Crippen molar-refractivity contribution in [3.05, 3.63) is 59.7 Å². The van der Waals surface area contributed by atoms with Crippen LogP contribution in [0.5, 0.6) is 11.5 Å². The van der Waals surface area contributed by atoms with Gasteiger partial charge in [0.1, 0.15) is 6.54 Å². The molecule has 2 saturated heterocycles. The topological polar surface area (TPSA) is 52.0 Å². The Morgan fingerprint density at radius 3 is 2.32 bits per heavy atom. The Labute approximate surface area is 166 Å². The largest absolute Gasteiger partial charge is 0.493 e. The lowest BCUT2D eigenvalue weighted by atomic mass is 9.96. The molecule has 2 N–H and O–H groups in total. The van der Waals surface area contributed by atoms with Gasteiger partial charge >= 0.3 is 0 Å². The average molecular weight is 381 g/mol. The van der Waals surface area contributed by atoms with Crippen molar-refractivity contribution in [1.29, 1.82) is 0 Å². The number of benzene rings is 2. The number of carbonyl (C=O) groups is 1. The van der Waals surface area contributed by atoms with E-state index >= 15 is 0 Å². The average Bonchev–Trinajstić information content (AvgIpc) is 2.96. The van der Waals surface area contributed by atoms with Crippen LogP contribution in [0.4, 0.5) is 0 Å². The van der Waals surface area contributed by atoms with E-state index in [9.17, 15) is 4.79 Å². The molecule has 2 aliphatic heterocycles. The maximum Gasteiger partial charge on any atom is 0.251 e. The minimum absolute atomic E-state index is 0.0307. The highest BCUT2D eigenvalue weighted by Gasteiger charge is 2.44. The second-order valence-corrected chi connectivity index (χ2v) is 7.92. The van der Waals surface area contributed by atoms with Crippen LogP contribution in [-0.4, -0.2) is 38.3 Å². The Bertz CT molecular complexity index is 810. The van der Waals surface area contributed by atoms with Gasteiger partial charge in [0.2, 0.25) is 0 Å². The number of hydrogen-bond acceptors (Lipinski definition) is 3. The molecule has 5 nitrogen and oxygen atoms in total. The number of amides is 1. The smallest absolute Gasteiger partial charge is 0.251 e. The van der Waals surface area contributed by atoms with Crippen LogP contribution in [-0.2, 0) is 6.54 Å². The minimum Gasteiger partial charge on any atom is -0.493 e. The van der Waals surface area contributed by atoms with E-state index in [-0.39, 0.29) is 11.9 Å². The molecule has 0 spiro atoms. The number of fused-ring (bicyclic) bond motifs is 2. The van der Waals surface area contributed by atoms with E-state index in [4.69, 9.17) is 9.47 Å². The van der Waals surface area contributed by atoms with E-state index in [1.165, 1.54) is 18.4 Å². The van der Waals surface area contributed by atoms with Gasteiger partial charge in [-0.25, -0.2) is 0 Å². The molecule has 2 aromatic carbocycles. The van der Waals surface area contributed by atoms with Crippen LogP contribution in [0.3, 0.4) is 0 Å². The Balaban J connectivity index is 1.39. The first-order valence-corrected chi connectivity index (χ1v) is 10.1. The summed E-state index contributed by atoms with van der Waals surface area (Å²) >= 11 is 0. The summed E-state index contributed by atoms with van der Waals surface area (Å²) in [6, 6.07) is 17.6. The van der Waals surface area contributed by atoms with Gasteiger partial charge in [0, 0.05) is 42.9 Å². The number of ether oxygens (including phenoxy) is 2. The molecule has 4 rings (SSSR count). The minimum atomic E-state index is -0.0307. The maximum absolute atomic E-state index is 12.8. The number of piperidine rings is 1. The van der Waals surface area contributed by atoms with Crippen LogP contribution in [0.2, 0.25) is 0 Å². The molecular weight excluding hydrogens is 352 g/mol. The Hall–Kier alpha value is -2.53. The summed E-state index contributed by atoms with van der Waals surface area (Å²) in [5, 5.41) is 3.26. The summed E-state index contributed by atoms with van der Waals surface area (Å²) < 4.78 is 10.6. The molecule has 2 fully saturated rings. The van der Waals surface area contributed by atoms with Gasteiger partial charge in [0.15, 0.2) is 11.5 Å². The zero-order valence-corrected chi connectivity index (χ0v) is 16.6. The van der Waals surface area contributed by atoms with Crippen LogP contribution < -0.4 is 19.7 Å². The lowest BCUT2D eigenvalue weighted by molar-refractivity contribution is -0.954. The lowest BCUT2D eigenvalue weighted by Gasteiger charge is -2.36. The molecule has 2 aliphatic rings. The molecule has 4 atom stereocenters. The Morgan fingerprint density at radius 2 is 1.68 bits per heavy atom. The number of carbonyl (C=O) groups excluding carboxylic acids is 1. The van der Waals surface area contributed by atoms with Crippen molar-refractivity contribution in [3.8, 4) is 11.5 Å². The number of hydrogen-bond donors (Lipinski definition) is 2. The second kappa shape index (κ2) is 8.23. The molecule has 28 heavy (non-hydrogen) atoms. The molecular formula is C23H29N2O3+. The van der Waals surface area contributed by atoms with E-state index in [0.29, 0.717) is 29.1 Å². The Morgan fingerprint density at radius 1 is 1.00 bits per heavy atom. The van der Waals surface area contributed by atoms with Gasteiger partial charge in [-0.1, -0.05) is 30.3 Å². The molecule has 148 valence electrons. The fourth-order valence-electron chi connectivity index (χ4n) is 4.91. The van der Waals surface area contributed by atoms with E-state index in [1.807, 2.05) is 0 Å². The van der Waals surface area contributed by atoms with Crippen LogP contribution in [0.25, 0.3) is 0 Å². The first-order chi connectivity index (χ1) is 13.7. The predicted molar refractivity (Wildman–Crippen MR) is 108 cm³/mol. The third kappa shape index (κ3) is 3.85. The molecule has 0 aromatic heterocycles. The summed E-state index contributed by atoms with van der Waals surface area (Å²) in [5.41, 5.74) is 2.02. The predicted octanol–water partition coefficient (Wildman–Crippen LogP) is 2.21. The van der Waals surface area contributed by atoms with Gasteiger partial charge in [0.25, 0.3) is 5.91 Å². The summed E-state index contributed by atoms with van der Waals surface area (Å²) in [5.74, 6) is 1.18. The van der Waals surface area contributed by atoms with Crippen LogP contribution >= 0.6 is 0 Å². The fraction of sp³-hybridized carbons (Fsp3) is 0.435. The highest BCUT2D eigenvalue weighted by atomic mass is 16.5. The van der Waals surface area contributed by atoms with E-state index in [2.05, 4.69) is 35.6 Å². The molecule has 0 aliphatic carbocycles. The van der Waals surface area contributed by atoms with Crippen molar-refractivity contribution in [2.75, 3.05) is 14.2 Å². The van der Waals surface area contributed by atoms with Gasteiger partial charge in [-0.15, -0.1) is 0 Å². The summed E-state index contributed by atoms with van der Waals surface area (Å²) in [4.78, 5) is 14.5. The SMILES string of the molecule is COc1ccc(C(=O)NC2C[C@H]3CC[C@@H](C2)[NH+]3Cc2ccccc2)cc1OC. The summed E-state index contributed by atoms with van der Waals surface area (Å²) in [6.07, 6.45) is 4.63. The van der Waals surface area contributed by atoms with Crippen molar-refractivity contribution in [2.45, 2.75) is 50.4 Å². The van der Waals surface area contributed by atoms with Gasteiger partial charge < -0.3 is 19.7 Å². The van der Waals surface area contributed by atoms with Crippen LogP contribution in [0.1, 0.15) is 41.6 Å². The highest BCUT2D eigenvalue weighted by molar-refractivity contribution is 5.95. The molecule has 2 unspecified atom stereocenters. The molecule has 0 radical (unpaired) electrons. The number of rotatable bonds is 6. The number of methoxy groups -OCH3 is 2. The van der Waals surface area contributed by atoms with Crippen molar-refractivity contribution in [2.24, 2.45) is 0 Å². The zero-order valence-electron chi connectivity index (χ0n) is 16.6. The maximum atomic E-state index is 12.8. The van der Waals surface area contributed by atoms with Gasteiger partial charge in [-0.05, 0) is 18.2 Å². The first-order valence-electron chi connectivity index (χ1n) is 10.1. The van der Waals surface area contributed by atoms with Gasteiger partial charge in [0.05, 0.1) is 26.3 Å². The van der Waals surface area contributed by atoms with Crippen LogP contribution in [0.15, 0.2) is 48.5 Å². The van der Waals surface area contributed by atoms with E-state index < -0.39 is 0 Å². The first kappa shape index (κ1) is 18.8. The zero-order chi connectivity index (χ0) is 19.5. The molecule has 0 saturated carbocycles. The van der Waals surface area contributed by atoms with Crippen molar-refractivity contribution < 1.29 is 19.2 Å². The van der Waals surface area contributed by atoms with Crippen molar-refractivity contribution >= 4 is 5.91 Å². The molecule has 2 heterocycles. The highest BCUT2D eigenvalue weighted by Crippen LogP contribution is 2.28. The lowest BCUT2D eigenvalue weighted by Crippen LogP contribution is -3.17. The van der Waals surface area contributed by atoms with Crippen molar-refractivity contribution in [3.63, 3.8) is 0 Å². The molecule has 2 aromatic rings. The van der Waals surface area contributed by atoms with Crippen molar-refractivity contribution in [1.82, 2.24) is 5.32 Å². The number of nitrogens with one attached hydrogen (secondary N) is 2. The standard InChI is InChI=1S/C23H28N2O3/c1-27-21-11-8-17(12-22(21)28-2)23(26)24-18-13-19-9-10-20(14-18)25(19)15-16-6-4-3-5-7-16/h3-8,11-12,18-20H,9-10,13-15H2,1-2H3,(H,24,26)/p+1/t18?,19-,20+. The molecule has 5 heteroatoms. The molecule has 1 amide bonds. The Kier molecular flexibility index (Phi) is 5.53. The summed E-state index contributed by atoms with van der Waals surface area (Å²) in [6.45, 7) is 1.09. The quantitative estimate of drug-likeness (QED) is 0.807. The van der Waals surface area contributed by atoms with Gasteiger partial charge in [-0.2, -0.15) is 0 Å². The van der Waals surface area contributed by atoms with E-state index in [1.54, 1.807) is 37.3 Å². The monoisotopic (exact) mass is 381 g/mol. The fourth-order valence-corrected chi connectivity index (χ4v) is 4.91. The van der Waals surface area contributed by atoms with Crippen LogP contribution in [0, 0.1) is 0 Å². The number of quaternary nitrogens is 1.